The van der Waals surface area contributed by atoms with Gasteiger partial charge in [-0.1, -0.05) is 11.6 Å². The van der Waals surface area contributed by atoms with E-state index in [1.807, 2.05) is 0 Å². The zero-order valence-corrected chi connectivity index (χ0v) is 14.5. The highest BCUT2D eigenvalue weighted by Gasteiger charge is 2.19. The molecular formula is C17H10ClF2N3O2S. The lowest BCUT2D eigenvalue weighted by Crippen LogP contribution is -2.13. The largest absolute Gasteiger partial charge is 0.360 e. The average molecular weight is 394 g/mol. The predicted molar refractivity (Wildman–Crippen MR) is 93.1 cm³/mol. The fraction of sp³-hybridized carbons (Fsp3) is 0. The van der Waals surface area contributed by atoms with Crippen LogP contribution in [0.15, 0.2) is 53.6 Å². The maximum Gasteiger partial charge on any atom is 0.263 e. The van der Waals surface area contributed by atoms with Crippen molar-refractivity contribution in [2.75, 3.05) is 4.72 Å². The molecule has 5 nitrogen and oxygen atoms in total. The van der Waals surface area contributed by atoms with Gasteiger partial charge in [0.05, 0.1) is 22.3 Å². The van der Waals surface area contributed by atoms with E-state index in [9.17, 15) is 17.2 Å². The van der Waals surface area contributed by atoms with Gasteiger partial charge in [-0.05, 0) is 48.0 Å². The Bertz CT molecular complexity index is 1140. The van der Waals surface area contributed by atoms with Crippen LogP contribution in [0.25, 0.3) is 11.3 Å². The number of benzene rings is 2. The molecule has 1 heterocycles. The van der Waals surface area contributed by atoms with Gasteiger partial charge in [-0.3, -0.25) is 4.72 Å². The summed E-state index contributed by atoms with van der Waals surface area (Å²) in [4.78, 5) is 2.61. The highest BCUT2D eigenvalue weighted by molar-refractivity contribution is 7.92. The first kappa shape index (κ1) is 17.9. The van der Waals surface area contributed by atoms with Crippen molar-refractivity contribution in [2.24, 2.45) is 0 Å². The molecule has 0 fully saturated rings. The lowest BCUT2D eigenvalue weighted by molar-refractivity contribution is 0.598. The molecule has 132 valence electrons. The van der Waals surface area contributed by atoms with Crippen molar-refractivity contribution >= 4 is 27.3 Å². The van der Waals surface area contributed by atoms with E-state index in [-0.39, 0.29) is 21.2 Å². The average Bonchev–Trinajstić information content (AvgIpc) is 3.10. The number of rotatable bonds is 4. The van der Waals surface area contributed by atoms with Crippen LogP contribution in [0.5, 0.6) is 0 Å². The number of aromatic nitrogens is 1. The van der Waals surface area contributed by atoms with Crippen LogP contribution in [0.4, 0.5) is 14.5 Å². The molecule has 0 aliphatic rings. The number of nitriles is 1. The van der Waals surface area contributed by atoms with Crippen LogP contribution in [0, 0.1) is 23.0 Å². The molecule has 0 saturated heterocycles. The number of nitrogens with zero attached hydrogens (tertiary/aromatic N) is 1. The van der Waals surface area contributed by atoms with Crippen molar-refractivity contribution in [3.05, 3.63) is 70.9 Å². The van der Waals surface area contributed by atoms with Crippen molar-refractivity contribution < 1.29 is 17.2 Å². The van der Waals surface area contributed by atoms with Gasteiger partial charge in [-0.25, -0.2) is 17.2 Å². The maximum absolute atomic E-state index is 13.9. The zero-order valence-electron chi connectivity index (χ0n) is 12.9. The van der Waals surface area contributed by atoms with Crippen molar-refractivity contribution in [2.45, 2.75) is 4.90 Å². The molecule has 26 heavy (non-hydrogen) atoms. The lowest BCUT2D eigenvalue weighted by atomic mass is 10.1. The standard InChI is InChI=1S/C17H10ClF2N3O2S/c18-13-6-11(2-3-14(13)19)17-7-12(9-22-17)26(24,25)23-16-4-1-10(8-21)5-15(16)20/h1-7,9,22-23H. The fourth-order valence-electron chi connectivity index (χ4n) is 2.23. The van der Waals surface area contributed by atoms with E-state index in [1.165, 1.54) is 36.5 Å². The monoisotopic (exact) mass is 393 g/mol. The van der Waals surface area contributed by atoms with Crippen LogP contribution in [-0.2, 0) is 10.0 Å². The minimum atomic E-state index is -4.07. The van der Waals surface area contributed by atoms with E-state index in [4.69, 9.17) is 16.9 Å². The summed E-state index contributed by atoms with van der Waals surface area (Å²) < 4.78 is 54.1. The molecule has 0 amide bonds. The molecule has 0 radical (unpaired) electrons. The van der Waals surface area contributed by atoms with Gasteiger partial charge in [0.2, 0.25) is 0 Å². The minimum Gasteiger partial charge on any atom is -0.360 e. The first-order valence-corrected chi connectivity index (χ1v) is 9.02. The van der Waals surface area contributed by atoms with Crippen LogP contribution >= 0.6 is 11.6 Å². The summed E-state index contributed by atoms with van der Waals surface area (Å²) >= 11 is 5.73. The lowest BCUT2D eigenvalue weighted by Gasteiger charge is -2.07. The second kappa shape index (κ2) is 6.78. The second-order valence-electron chi connectivity index (χ2n) is 5.29. The summed E-state index contributed by atoms with van der Waals surface area (Å²) in [5.74, 6) is -1.46. The topological polar surface area (TPSA) is 85.8 Å². The molecule has 0 aliphatic carbocycles. The maximum atomic E-state index is 13.9. The summed E-state index contributed by atoms with van der Waals surface area (Å²) in [7, 11) is -4.07. The van der Waals surface area contributed by atoms with Crippen molar-refractivity contribution in [1.29, 1.82) is 5.26 Å². The summed E-state index contributed by atoms with van der Waals surface area (Å²) in [5, 5.41) is 8.62. The zero-order chi connectivity index (χ0) is 18.9. The van der Waals surface area contributed by atoms with Crippen molar-refractivity contribution in [3.63, 3.8) is 0 Å². The third-order valence-electron chi connectivity index (χ3n) is 3.54. The fourth-order valence-corrected chi connectivity index (χ4v) is 3.47. The molecule has 0 unspecified atom stereocenters. The quantitative estimate of drug-likeness (QED) is 0.693. The molecule has 0 atom stereocenters. The Hall–Kier alpha value is -2.89. The van der Waals surface area contributed by atoms with Gasteiger partial charge < -0.3 is 4.98 Å². The Morgan fingerprint density at radius 2 is 1.85 bits per heavy atom. The summed E-state index contributed by atoms with van der Waals surface area (Å²) in [6, 6.07) is 10.4. The molecule has 2 N–H and O–H groups in total. The molecule has 3 aromatic rings. The van der Waals surface area contributed by atoms with Crippen LogP contribution < -0.4 is 4.72 Å². The van der Waals surface area contributed by atoms with Gasteiger partial charge in [0.1, 0.15) is 16.5 Å². The van der Waals surface area contributed by atoms with Crippen LogP contribution in [0.3, 0.4) is 0 Å². The summed E-state index contributed by atoms with van der Waals surface area (Å²) in [6.45, 7) is 0. The van der Waals surface area contributed by atoms with Gasteiger partial charge in [0.25, 0.3) is 10.0 Å². The highest BCUT2D eigenvalue weighted by atomic mass is 35.5. The third-order valence-corrected chi connectivity index (χ3v) is 5.17. The molecule has 0 aliphatic heterocycles. The number of nitrogens with one attached hydrogen (secondary N) is 2. The normalized spacial score (nSPS) is 11.2. The van der Waals surface area contributed by atoms with Crippen molar-refractivity contribution in [1.82, 2.24) is 4.98 Å². The van der Waals surface area contributed by atoms with Crippen LogP contribution in [0.1, 0.15) is 5.56 Å². The number of sulfonamides is 1. The molecule has 2 aromatic carbocycles. The predicted octanol–water partition coefficient (Wildman–Crippen LogP) is 4.29. The molecular weight excluding hydrogens is 384 g/mol. The Kier molecular flexibility index (Phi) is 4.68. The SMILES string of the molecule is N#Cc1ccc(NS(=O)(=O)c2c[nH]c(-c3ccc(F)c(Cl)c3)c2)c(F)c1. The Labute approximate surface area is 152 Å². The van der Waals surface area contributed by atoms with E-state index in [0.29, 0.717) is 11.3 Å². The van der Waals surface area contributed by atoms with Gasteiger partial charge >= 0.3 is 0 Å². The van der Waals surface area contributed by atoms with E-state index in [1.54, 1.807) is 6.07 Å². The van der Waals surface area contributed by atoms with Crippen molar-refractivity contribution in [3.8, 4) is 17.3 Å². The molecule has 9 heteroatoms. The molecule has 0 spiro atoms. The minimum absolute atomic E-state index is 0.0718. The molecule has 1 aromatic heterocycles. The first-order chi connectivity index (χ1) is 12.3. The number of aromatic amines is 1. The number of hydrogen-bond donors (Lipinski definition) is 2. The highest BCUT2D eigenvalue weighted by Crippen LogP contribution is 2.27. The number of anilines is 1. The van der Waals surface area contributed by atoms with E-state index < -0.39 is 21.7 Å². The number of H-pyrrole nitrogens is 1. The van der Waals surface area contributed by atoms with E-state index >= 15 is 0 Å². The smallest absolute Gasteiger partial charge is 0.263 e. The van der Waals surface area contributed by atoms with E-state index in [2.05, 4.69) is 9.71 Å². The summed E-state index contributed by atoms with van der Waals surface area (Å²) in [6.07, 6.45) is 1.22. The second-order valence-corrected chi connectivity index (χ2v) is 7.38. The Balaban J connectivity index is 1.90. The number of hydrogen-bond acceptors (Lipinski definition) is 3. The molecule has 0 saturated carbocycles. The number of halogens is 3. The van der Waals surface area contributed by atoms with Gasteiger partial charge in [0.15, 0.2) is 0 Å². The summed E-state index contributed by atoms with van der Waals surface area (Å²) in [5.41, 5.74) is 0.675. The first-order valence-electron chi connectivity index (χ1n) is 7.16. The molecule has 0 bridgehead atoms. The van der Waals surface area contributed by atoms with Gasteiger partial charge in [0, 0.05) is 11.9 Å². The third kappa shape index (κ3) is 3.54. The van der Waals surface area contributed by atoms with Crippen LogP contribution in [0.2, 0.25) is 5.02 Å². The van der Waals surface area contributed by atoms with Crippen LogP contribution in [-0.4, -0.2) is 13.4 Å². The molecule has 3 rings (SSSR count). The Morgan fingerprint density at radius 3 is 2.50 bits per heavy atom. The van der Waals surface area contributed by atoms with Gasteiger partial charge in [-0.15, -0.1) is 0 Å². The van der Waals surface area contributed by atoms with Gasteiger partial charge in [-0.2, -0.15) is 5.26 Å². The van der Waals surface area contributed by atoms with E-state index in [0.717, 1.165) is 12.1 Å². The Morgan fingerprint density at radius 1 is 1.08 bits per heavy atom.